The van der Waals surface area contributed by atoms with E-state index >= 15 is 0 Å². The van der Waals surface area contributed by atoms with Gasteiger partial charge in [0, 0.05) is 11.9 Å². The van der Waals surface area contributed by atoms with Crippen LogP contribution in [0.25, 0.3) is 0 Å². The van der Waals surface area contributed by atoms with E-state index in [1.165, 1.54) is 167 Å². The van der Waals surface area contributed by atoms with Gasteiger partial charge in [0.25, 0.3) is 0 Å². The number of rotatable bonds is 32. The van der Waals surface area contributed by atoms with Crippen LogP contribution >= 0.6 is 0 Å². The van der Waals surface area contributed by atoms with Gasteiger partial charge in [0.05, 0.1) is 0 Å². The molecule has 0 aromatic heterocycles. The summed E-state index contributed by atoms with van der Waals surface area (Å²) in [5, 5.41) is 20.4. The van der Waals surface area contributed by atoms with Crippen molar-refractivity contribution in [1.29, 1.82) is 0 Å². The van der Waals surface area contributed by atoms with E-state index in [0.29, 0.717) is 0 Å². The van der Waals surface area contributed by atoms with Gasteiger partial charge in [-0.3, -0.25) is 0 Å². The van der Waals surface area contributed by atoms with Crippen LogP contribution in [0.5, 0.6) is 0 Å². The smallest absolute Gasteiger partial charge is 0.550 e. The van der Waals surface area contributed by atoms with Gasteiger partial charge in [0.15, 0.2) is 0 Å². The van der Waals surface area contributed by atoms with Gasteiger partial charge < -0.3 is 19.8 Å². The number of carbonyl (C=O) groups is 2. The maximum atomic E-state index is 10.2. The number of hydrogen-bond donors (Lipinski definition) is 0. The molecule has 240 valence electrons. The molecule has 0 heterocycles. The molecule has 0 unspecified atom stereocenters. The van der Waals surface area contributed by atoms with Crippen LogP contribution in [0.1, 0.15) is 219 Å². The molecule has 0 bridgehead atoms. The predicted molar refractivity (Wildman–Crippen MR) is 181 cm³/mol. The zero-order chi connectivity index (χ0) is 29.8. The average Bonchev–Trinajstić information content (AvgIpc) is 2.93. The van der Waals surface area contributed by atoms with Gasteiger partial charge in [-0.2, -0.15) is 0 Å². The molecule has 0 saturated heterocycles. The van der Waals surface area contributed by atoms with Crippen molar-refractivity contribution in [2.75, 3.05) is 0 Å². The standard InChI is InChI=1S/2C18H36O2.Ba.Mg/c2*1-2-3-4-5-6-7-8-9-10-11-12-13-14-15-16-17-18(19)20;;/h2*2-17H2,1H3,(H,19,20);;/q;;2*+2/p-2. The third-order valence-corrected chi connectivity index (χ3v) is 7.97. The molecule has 6 heteroatoms. The van der Waals surface area contributed by atoms with Crippen LogP contribution < -0.4 is 10.2 Å². The van der Waals surface area contributed by atoms with E-state index in [-0.39, 0.29) is 84.8 Å². The second kappa shape index (κ2) is 46.7. The molecule has 0 radical (unpaired) electrons. The fourth-order valence-corrected chi connectivity index (χ4v) is 5.28. The third kappa shape index (κ3) is 53.8. The molecule has 0 N–H and O–H groups in total. The first-order valence-electron chi connectivity index (χ1n) is 17.9. The number of carboxylic acid groups (broad SMARTS) is 2. The minimum atomic E-state index is -0.903. The van der Waals surface area contributed by atoms with Crippen LogP contribution in [-0.2, 0) is 9.59 Å². The maximum Gasteiger partial charge on any atom is 2.00 e. The van der Waals surface area contributed by atoms with Gasteiger partial charge in [-0.25, -0.2) is 0 Å². The molecule has 0 aliphatic rings. The van der Waals surface area contributed by atoms with E-state index < -0.39 is 11.9 Å². The van der Waals surface area contributed by atoms with Crippen LogP contribution in [0.3, 0.4) is 0 Å². The fraction of sp³-hybridized carbons (Fsp3) is 0.944. The van der Waals surface area contributed by atoms with Gasteiger partial charge in [0.2, 0.25) is 0 Å². The molecule has 0 aromatic carbocycles. The SMILES string of the molecule is CCCCCCCCCCCCCCCCCC(=O)[O-].CCCCCCCCCCCCCCCCCC(=O)[O-].[Ba+2].[Mg+2]. The second-order valence-corrected chi connectivity index (χ2v) is 12.1. The summed E-state index contributed by atoms with van der Waals surface area (Å²) in [6.07, 6.45) is 39.7. The summed E-state index contributed by atoms with van der Waals surface area (Å²) >= 11 is 0. The number of aliphatic carboxylic acids is 2. The Morgan fingerprint density at radius 1 is 0.333 bits per heavy atom. The molecular formula is C36H70BaMgO4+2. The zero-order valence-corrected chi connectivity index (χ0v) is 34.5. The normalized spacial score (nSPS) is 10.3. The Hall–Kier alpha value is 1.28. The molecule has 0 atom stereocenters. The van der Waals surface area contributed by atoms with Crippen molar-refractivity contribution in [3.8, 4) is 0 Å². The van der Waals surface area contributed by atoms with Gasteiger partial charge >= 0.3 is 71.9 Å². The Morgan fingerprint density at radius 2 is 0.476 bits per heavy atom. The Morgan fingerprint density at radius 3 is 0.619 bits per heavy atom. The average molecular weight is 729 g/mol. The van der Waals surface area contributed by atoms with Crippen LogP contribution in [0.4, 0.5) is 0 Å². The molecule has 0 rings (SSSR count). The first-order chi connectivity index (χ1) is 19.5. The molecule has 0 fully saturated rings. The predicted octanol–water partition coefficient (Wildman–Crippen LogP) is 9.23. The molecule has 4 nitrogen and oxygen atoms in total. The first-order valence-corrected chi connectivity index (χ1v) is 17.9. The molecule has 42 heavy (non-hydrogen) atoms. The topological polar surface area (TPSA) is 80.3 Å². The summed E-state index contributed by atoms with van der Waals surface area (Å²) < 4.78 is 0. The van der Waals surface area contributed by atoms with E-state index in [1.54, 1.807) is 0 Å². The Balaban J connectivity index is -0.000000328. The van der Waals surface area contributed by atoms with Crippen LogP contribution in [-0.4, -0.2) is 83.9 Å². The maximum absolute atomic E-state index is 10.2. The molecule has 0 aliphatic carbocycles. The van der Waals surface area contributed by atoms with E-state index in [4.69, 9.17) is 0 Å². The van der Waals surface area contributed by atoms with Gasteiger partial charge in [0.1, 0.15) is 0 Å². The molecule has 0 aromatic rings. The minimum absolute atomic E-state index is 0. The molecule has 0 aliphatic heterocycles. The minimum Gasteiger partial charge on any atom is -0.550 e. The second-order valence-electron chi connectivity index (χ2n) is 12.1. The van der Waals surface area contributed by atoms with E-state index in [0.717, 1.165) is 25.7 Å². The molecule has 0 saturated carbocycles. The van der Waals surface area contributed by atoms with Gasteiger partial charge in [-0.15, -0.1) is 0 Å². The fourth-order valence-electron chi connectivity index (χ4n) is 5.28. The molecular weight excluding hydrogens is 658 g/mol. The summed E-state index contributed by atoms with van der Waals surface area (Å²) in [6.45, 7) is 4.53. The van der Waals surface area contributed by atoms with Crippen molar-refractivity contribution >= 4 is 83.9 Å². The summed E-state index contributed by atoms with van der Waals surface area (Å²) in [5.74, 6) is -1.81. The van der Waals surface area contributed by atoms with Crippen molar-refractivity contribution in [3.05, 3.63) is 0 Å². The van der Waals surface area contributed by atoms with Crippen molar-refractivity contribution in [2.45, 2.75) is 219 Å². The summed E-state index contributed by atoms with van der Waals surface area (Å²) in [4.78, 5) is 20.4. The van der Waals surface area contributed by atoms with Gasteiger partial charge in [-0.05, 0) is 25.7 Å². The summed E-state index contributed by atoms with van der Waals surface area (Å²) in [7, 11) is 0. The Kier molecular flexibility index (Phi) is 55.7. The van der Waals surface area contributed by atoms with E-state index in [1.807, 2.05) is 0 Å². The summed E-state index contributed by atoms with van der Waals surface area (Å²) in [6, 6.07) is 0. The van der Waals surface area contributed by atoms with Crippen LogP contribution in [0.2, 0.25) is 0 Å². The van der Waals surface area contributed by atoms with Crippen LogP contribution in [0.15, 0.2) is 0 Å². The number of carbonyl (C=O) groups excluding carboxylic acids is 2. The number of unbranched alkanes of at least 4 members (excludes halogenated alkanes) is 28. The van der Waals surface area contributed by atoms with E-state index in [9.17, 15) is 19.8 Å². The largest absolute Gasteiger partial charge is 2.00 e. The molecule has 0 amide bonds. The monoisotopic (exact) mass is 728 g/mol. The van der Waals surface area contributed by atoms with Crippen molar-refractivity contribution in [2.24, 2.45) is 0 Å². The third-order valence-electron chi connectivity index (χ3n) is 7.97. The van der Waals surface area contributed by atoms with Crippen LogP contribution in [0, 0.1) is 0 Å². The van der Waals surface area contributed by atoms with Crippen molar-refractivity contribution < 1.29 is 19.8 Å². The Labute approximate surface area is 319 Å². The molecule has 0 spiro atoms. The number of carboxylic acids is 2. The van der Waals surface area contributed by atoms with Crippen molar-refractivity contribution in [3.63, 3.8) is 0 Å². The van der Waals surface area contributed by atoms with Gasteiger partial charge in [-0.1, -0.05) is 194 Å². The number of hydrogen-bond acceptors (Lipinski definition) is 4. The summed E-state index contributed by atoms with van der Waals surface area (Å²) in [5.41, 5.74) is 0. The quantitative estimate of drug-likeness (QED) is 0.0511. The van der Waals surface area contributed by atoms with E-state index in [2.05, 4.69) is 13.8 Å². The zero-order valence-electron chi connectivity index (χ0n) is 28.7. The van der Waals surface area contributed by atoms with Crippen molar-refractivity contribution in [1.82, 2.24) is 0 Å². The Bertz CT molecular complexity index is 461. The first kappa shape index (κ1) is 50.1.